The molecule has 3 aromatic carbocycles. The van der Waals surface area contributed by atoms with Gasteiger partial charge in [-0.2, -0.15) is 0 Å². The van der Waals surface area contributed by atoms with Gasteiger partial charge in [0.1, 0.15) is 0 Å². The van der Waals surface area contributed by atoms with Crippen molar-refractivity contribution in [3.63, 3.8) is 0 Å². The van der Waals surface area contributed by atoms with Crippen LogP contribution in [0.25, 0.3) is 0 Å². The molecule has 3 aliphatic rings. The van der Waals surface area contributed by atoms with Crippen molar-refractivity contribution in [2.75, 3.05) is 6.54 Å². The maximum absolute atomic E-state index is 5.88. The molecule has 0 saturated carbocycles. The van der Waals surface area contributed by atoms with Crippen molar-refractivity contribution in [3.8, 4) is 0 Å². The van der Waals surface area contributed by atoms with Crippen molar-refractivity contribution >= 4 is 0 Å². The van der Waals surface area contributed by atoms with E-state index in [0.717, 1.165) is 6.42 Å². The van der Waals surface area contributed by atoms with Gasteiger partial charge in [-0.25, -0.2) is 0 Å². The molecule has 0 aliphatic heterocycles. The minimum atomic E-state index is 0.366. The van der Waals surface area contributed by atoms with Crippen molar-refractivity contribution < 1.29 is 0 Å². The van der Waals surface area contributed by atoms with Crippen LogP contribution in [-0.2, 0) is 6.42 Å². The Kier molecular flexibility index (Phi) is 2.74. The molecule has 0 saturated heterocycles. The number of hydrogen-bond donors (Lipinski definition) is 1. The lowest BCUT2D eigenvalue weighted by molar-refractivity contribution is 0.739. The lowest BCUT2D eigenvalue weighted by atomic mass is 9.60. The molecule has 1 heteroatoms. The highest BCUT2D eigenvalue weighted by molar-refractivity contribution is 5.69. The molecule has 0 aromatic heterocycles. The molecule has 6 rings (SSSR count). The average Bonchev–Trinajstić information content (AvgIpc) is 2.62. The van der Waals surface area contributed by atoms with Crippen molar-refractivity contribution in [2.45, 2.75) is 18.3 Å². The van der Waals surface area contributed by atoms with Gasteiger partial charge in [-0.3, -0.25) is 0 Å². The zero-order valence-electron chi connectivity index (χ0n) is 13.0. The normalized spacial score (nSPS) is 19.9. The first-order valence-electron chi connectivity index (χ1n) is 8.39. The van der Waals surface area contributed by atoms with Crippen LogP contribution in [0.3, 0.4) is 0 Å². The van der Waals surface area contributed by atoms with Crippen LogP contribution in [-0.4, -0.2) is 6.54 Å². The minimum absolute atomic E-state index is 0.366. The van der Waals surface area contributed by atoms with Crippen LogP contribution >= 0.6 is 0 Å². The highest BCUT2D eigenvalue weighted by Gasteiger charge is 2.41. The van der Waals surface area contributed by atoms with Crippen LogP contribution in [0, 0.1) is 0 Å². The second-order valence-electron chi connectivity index (χ2n) is 6.58. The molecule has 0 fully saturated rings. The third-order valence-electron chi connectivity index (χ3n) is 5.48. The number of rotatable bonds is 2. The van der Waals surface area contributed by atoms with Gasteiger partial charge in [-0.15, -0.1) is 0 Å². The molecule has 0 atom stereocenters. The summed E-state index contributed by atoms with van der Waals surface area (Å²) in [6, 6.07) is 24.7. The van der Waals surface area contributed by atoms with Crippen molar-refractivity contribution in [1.82, 2.24) is 0 Å². The zero-order chi connectivity index (χ0) is 15.4. The topological polar surface area (TPSA) is 26.0 Å². The Morgan fingerprint density at radius 3 is 1.70 bits per heavy atom. The highest BCUT2D eigenvalue weighted by atomic mass is 14.5. The maximum atomic E-state index is 5.88. The first-order chi connectivity index (χ1) is 11.4. The molecule has 0 unspecified atom stereocenters. The van der Waals surface area contributed by atoms with Gasteiger partial charge in [0.05, 0.1) is 0 Å². The average molecular weight is 297 g/mol. The maximum Gasteiger partial charge on any atom is 0.0351 e. The predicted molar refractivity (Wildman–Crippen MR) is 94.0 cm³/mol. The summed E-state index contributed by atoms with van der Waals surface area (Å²) in [6.45, 7) is 0.705. The van der Waals surface area contributed by atoms with Crippen LogP contribution in [0.1, 0.15) is 50.8 Å². The van der Waals surface area contributed by atoms with Gasteiger partial charge in [0.2, 0.25) is 0 Å². The number of nitrogens with two attached hydrogens (primary N) is 1. The minimum Gasteiger partial charge on any atom is -0.330 e. The van der Waals surface area contributed by atoms with E-state index in [0.29, 0.717) is 18.4 Å². The summed E-state index contributed by atoms with van der Waals surface area (Å²) in [5.74, 6) is 0.741. The summed E-state index contributed by atoms with van der Waals surface area (Å²) in [4.78, 5) is 0. The summed E-state index contributed by atoms with van der Waals surface area (Å²) in [5.41, 5.74) is 16.2. The van der Waals surface area contributed by atoms with Crippen molar-refractivity contribution in [1.29, 1.82) is 0 Å². The molecule has 0 radical (unpaired) electrons. The van der Waals surface area contributed by atoms with Gasteiger partial charge in [0.15, 0.2) is 0 Å². The fraction of sp³-hybridized carbons (Fsp3) is 0.182. The lowest BCUT2D eigenvalue weighted by Gasteiger charge is -2.43. The van der Waals surface area contributed by atoms with E-state index in [1.54, 1.807) is 0 Å². The predicted octanol–water partition coefficient (Wildman–Crippen LogP) is 4.18. The molecule has 0 heterocycles. The van der Waals surface area contributed by atoms with Crippen LogP contribution in [0.15, 0.2) is 66.7 Å². The molecule has 3 aromatic rings. The van der Waals surface area contributed by atoms with Crippen LogP contribution < -0.4 is 5.73 Å². The fourth-order valence-corrected chi connectivity index (χ4v) is 4.66. The molecule has 0 amide bonds. The summed E-state index contributed by atoms with van der Waals surface area (Å²) in [5, 5.41) is 0. The Morgan fingerprint density at radius 1 is 0.609 bits per heavy atom. The van der Waals surface area contributed by atoms with E-state index in [4.69, 9.17) is 5.73 Å². The third-order valence-corrected chi connectivity index (χ3v) is 5.48. The second kappa shape index (κ2) is 4.81. The first kappa shape index (κ1) is 13.1. The molecule has 112 valence electrons. The Morgan fingerprint density at radius 2 is 1.13 bits per heavy atom. The van der Waals surface area contributed by atoms with Crippen molar-refractivity contribution in [3.05, 3.63) is 106 Å². The highest BCUT2D eigenvalue weighted by Crippen LogP contribution is 2.56. The Hall–Kier alpha value is -2.38. The molecule has 3 aliphatic carbocycles. The molecular weight excluding hydrogens is 278 g/mol. The van der Waals surface area contributed by atoms with Crippen LogP contribution in [0.2, 0.25) is 0 Å². The van der Waals surface area contributed by atoms with Crippen LogP contribution in [0.4, 0.5) is 0 Å². The van der Waals surface area contributed by atoms with E-state index in [2.05, 4.69) is 66.7 Å². The molecule has 1 nitrogen and oxygen atoms in total. The zero-order valence-corrected chi connectivity index (χ0v) is 13.0. The molecule has 2 bridgehead atoms. The monoisotopic (exact) mass is 297 g/mol. The first-order valence-corrected chi connectivity index (χ1v) is 8.39. The van der Waals surface area contributed by atoms with Gasteiger partial charge < -0.3 is 5.73 Å². The molecular formula is C22H19N. The van der Waals surface area contributed by atoms with Gasteiger partial charge in [-0.05, 0) is 51.9 Å². The Bertz CT molecular complexity index is 862. The van der Waals surface area contributed by atoms with Crippen LogP contribution in [0.5, 0.6) is 0 Å². The smallest absolute Gasteiger partial charge is 0.0351 e. The SMILES string of the molecule is NCCc1cccc2c1C1c3ccccc3C2c2ccccc21. The van der Waals surface area contributed by atoms with Crippen molar-refractivity contribution in [2.24, 2.45) is 5.73 Å². The summed E-state index contributed by atoms with van der Waals surface area (Å²) < 4.78 is 0. The largest absolute Gasteiger partial charge is 0.330 e. The van der Waals surface area contributed by atoms with Gasteiger partial charge >= 0.3 is 0 Å². The standard InChI is InChI=1S/C22H19N/c23-13-12-14-6-5-11-19-20(14)22-17-9-3-1-7-15(17)21(19)16-8-2-4-10-18(16)22/h1-11,21-22H,12-13,23H2. The Labute approximate surface area is 136 Å². The van der Waals surface area contributed by atoms with E-state index >= 15 is 0 Å². The fourth-order valence-electron chi connectivity index (χ4n) is 4.66. The quantitative estimate of drug-likeness (QED) is 0.520. The van der Waals surface area contributed by atoms with E-state index in [1.165, 1.54) is 38.9 Å². The number of benzene rings is 3. The summed E-state index contributed by atoms with van der Waals surface area (Å²) in [7, 11) is 0. The van der Waals surface area contributed by atoms with E-state index in [9.17, 15) is 0 Å². The summed E-state index contributed by atoms with van der Waals surface area (Å²) in [6.07, 6.45) is 0.955. The Balaban J connectivity index is 1.87. The van der Waals surface area contributed by atoms with E-state index < -0.39 is 0 Å². The lowest BCUT2D eigenvalue weighted by Crippen LogP contribution is -2.28. The molecule has 2 N–H and O–H groups in total. The molecule has 23 heavy (non-hydrogen) atoms. The number of hydrogen-bond acceptors (Lipinski definition) is 1. The van der Waals surface area contributed by atoms with E-state index in [-0.39, 0.29) is 0 Å². The third kappa shape index (κ3) is 1.66. The molecule has 0 spiro atoms. The van der Waals surface area contributed by atoms with Gasteiger partial charge in [-0.1, -0.05) is 66.7 Å². The summed E-state index contributed by atoms with van der Waals surface area (Å²) >= 11 is 0. The van der Waals surface area contributed by atoms with Gasteiger partial charge in [0.25, 0.3) is 0 Å². The van der Waals surface area contributed by atoms with Gasteiger partial charge in [0, 0.05) is 11.8 Å². The van der Waals surface area contributed by atoms with E-state index in [1.807, 2.05) is 0 Å². The second-order valence-corrected chi connectivity index (χ2v) is 6.58.